The van der Waals surface area contributed by atoms with Gasteiger partial charge < -0.3 is 19.6 Å². The van der Waals surface area contributed by atoms with Crippen molar-refractivity contribution in [2.24, 2.45) is 0 Å². The zero-order valence-corrected chi connectivity index (χ0v) is 15.8. The number of benzene rings is 2. The molecule has 25 heavy (non-hydrogen) atoms. The topological polar surface area (TPSA) is 35.9 Å². The lowest BCUT2D eigenvalue weighted by molar-refractivity contribution is 0.0827. The van der Waals surface area contributed by atoms with Crippen molar-refractivity contribution in [1.82, 2.24) is 4.90 Å². The minimum atomic E-state index is -0.485. The number of aliphatic hydroxyl groups is 1. The monoisotopic (exact) mass is 342 g/mol. The second kappa shape index (κ2) is 9.44. The maximum Gasteiger partial charge on any atom is 0.122 e. The minimum Gasteiger partial charge on any atom is -0.491 e. The summed E-state index contributed by atoms with van der Waals surface area (Å²) < 4.78 is 5.86. The average Bonchev–Trinajstić information content (AvgIpc) is 2.58. The summed E-state index contributed by atoms with van der Waals surface area (Å²) in [4.78, 5) is 4.06. The van der Waals surface area contributed by atoms with Crippen molar-refractivity contribution < 1.29 is 9.84 Å². The van der Waals surface area contributed by atoms with E-state index in [1.54, 1.807) is 0 Å². The van der Waals surface area contributed by atoms with Crippen LogP contribution in [0, 0.1) is 0 Å². The molecule has 0 bridgehead atoms. The first-order valence-electron chi connectivity index (χ1n) is 8.75. The molecule has 4 nitrogen and oxygen atoms in total. The second-order valence-corrected chi connectivity index (χ2v) is 6.90. The Bertz CT molecular complexity index is 639. The van der Waals surface area contributed by atoms with Gasteiger partial charge in [-0.15, -0.1) is 0 Å². The fourth-order valence-corrected chi connectivity index (χ4v) is 2.75. The predicted molar refractivity (Wildman–Crippen MR) is 105 cm³/mol. The van der Waals surface area contributed by atoms with Crippen LogP contribution < -0.4 is 9.64 Å². The van der Waals surface area contributed by atoms with Gasteiger partial charge in [-0.3, -0.25) is 0 Å². The van der Waals surface area contributed by atoms with Crippen LogP contribution in [0.25, 0.3) is 0 Å². The smallest absolute Gasteiger partial charge is 0.122 e. The largest absolute Gasteiger partial charge is 0.491 e. The molecule has 0 saturated heterocycles. The standard InChI is InChI=1S/C21H30N2O2/c1-22(2)15-20(24)16-25-21-8-6-5-7-18(21)12-9-17-10-13-19(14-11-17)23(3)4/h5-8,10-11,13-14,20,24H,9,12,15-16H2,1-4H3. The lowest BCUT2D eigenvalue weighted by Gasteiger charge is -2.18. The summed E-state index contributed by atoms with van der Waals surface area (Å²) in [6.45, 7) is 0.910. The fourth-order valence-electron chi connectivity index (χ4n) is 2.75. The van der Waals surface area contributed by atoms with Crippen LogP contribution >= 0.6 is 0 Å². The van der Waals surface area contributed by atoms with Gasteiger partial charge in [-0.1, -0.05) is 30.3 Å². The molecule has 0 saturated carbocycles. The third-order valence-corrected chi connectivity index (χ3v) is 4.12. The number of aryl methyl sites for hydroxylation is 2. The summed E-state index contributed by atoms with van der Waals surface area (Å²) in [5, 5.41) is 9.98. The predicted octanol–water partition coefficient (Wildman–Crippen LogP) is 2.84. The number of para-hydroxylation sites is 1. The van der Waals surface area contributed by atoms with E-state index >= 15 is 0 Å². The van der Waals surface area contributed by atoms with Gasteiger partial charge in [0.1, 0.15) is 18.5 Å². The third-order valence-electron chi connectivity index (χ3n) is 4.12. The third kappa shape index (κ3) is 6.40. The van der Waals surface area contributed by atoms with E-state index in [9.17, 15) is 5.11 Å². The zero-order valence-electron chi connectivity index (χ0n) is 15.8. The molecule has 136 valence electrons. The van der Waals surface area contributed by atoms with Crippen molar-refractivity contribution in [3.05, 3.63) is 59.7 Å². The Kier molecular flexibility index (Phi) is 7.29. The summed E-state index contributed by atoms with van der Waals surface area (Å²) >= 11 is 0. The molecule has 2 aromatic carbocycles. The molecule has 0 radical (unpaired) electrons. The lowest BCUT2D eigenvalue weighted by Crippen LogP contribution is -2.30. The van der Waals surface area contributed by atoms with Crippen molar-refractivity contribution in [3.63, 3.8) is 0 Å². The van der Waals surface area contributed by atoms with Crippen molar-refractivity contribution in [2.75, 3.05) is 46.2 Å². The molecule has 0 fully saturated rings. The fraction of sp³-hybridized carbons (Fsp3) is 0.429. The van der Waals surface area contributed by atoms with Gasteiger partial charge in [-0.2, -0.15) is 0 Å². The average molecular weight is 342 g/mol. The van der Waals surface area contributed by atoms with Crippen molar-refractivity contribution in [1.29, 1.82) is 0 Å². The van der Waals surface area contributed by atoms with Gasteiger partial charge in [0, 0.05) is 26.3 Å². The number of likely N-dealkylation sites (N-methyl/N-ethyl adjacent to an activating group) is 1. The number of anilines is 1. The Hall–Kier alpha value is -2.04. The molecule has 0 aromatic heterocycles. The van der Waals surface area contributed by atoms with Crippen LogP contribution in [0.3, 0.4) is 0 Å². The van der Waals surface area contributed by atoms with Gasteiger partial charge in [0.15, 0.2) is 0 Å². The highest BCUT2D eigenvalue weighted by Crippen LogP contribution is 2.21. The van der Waals surface area contributed by atoms with E-state index in [0.29, 0.717) is 13.2 Å². The quantitative estimate of drug-likeness (QED) is 0.760. The van der Waals surface area contributed by atoms with Crippen LogP contribution in [0.15, 0.2) is 48.5 Å². The summed E-state index contributed by atoms with van der Waals surface area (Å²) in [5.41, 5.74) is 3.70. The number of rotatable bonds is 9. The Morgan fingerprint density at radius 2 is 1.60 bits per heavy atom. The molecule has 0 aliphatic heterocycles. The molecule has 2 rings (SSSR count). The van der Waals surface area contributed by atoms with Gasteiger partial charge in [0.2, 0.25) is 0 Å². The van der Waals surface area contributed by atoms with Crippen molar-refractivity contribution >= 4 is 5.69 Å². The van der Waals surface area contributed by atoms with Gasteiger partial charge in [-0.25, -0.2) is 0 Å². The van der Waals surface area contributed by atoms with Gasteiger partial charge in [-0.05, 0) is 56.3 Å². The van der Waals surface area contributed by atoms with Crippen LogP contribution in [-0.2, 0) is 12.8 Å². The van der Waals surface area contributed by atoms with Gasteiger partial charge in [0.05, 0.1) is 0 Å². The van der Waals surface area contributed by atoms with Gasteiger partial charge in [0.25, 0.3) is 0 Å². The number of aliphatic hydroxyl groups excluding tert-OH is 1. The summed E-state index contributed by atoms with van der Waals surface area (Å²) in [5.74, 6) is 0.866. The van der Waals surface area contributed by atoms with Crippen LogP contribution in [0.2, 0.25) is 0 Å². The van der Waals surface area contributed by atoms with Crippen molar-refractivity contribution in [3.8, 4) is 5.75 Å². The van der Waals surface area contributed by atoms with E-state index in [-0.39, 0.29) is 0 Å². The summed E-state index contributed by atoms with van der Waals surface area (Å²) in [7, 11) is 7.98. The molecule has 1 unspecified atom stereocenters. The molecule has 4 heteroatoms. The van der Waals surface area contributed by atoms with Crippen LogP contribution in [-0.4, -0.2) is 57.5 Å². The Labute approximate surface area is 151 Å². The molecule has 0 aliphatic rings. The first-order valence-corrected chi connectivity index (χ1v) is 8.75. The highest BCUT2D eigenvalue weighted by atomic mass is 16.5. The van der Waals surface area contributed by atoms with E-state index < -0.39 is 6.10 Å². The maximum atomic E-state index is 9.98. The molecule has 0 aliphatic carbocycles. The molecular weight excluding hydrogens is 312 g/mol. The maximum absolute atomic E-state index is 9.98. The van der Waals surface area contributed by atoms with E-state index in [4.69, 9.17) is 4.74 Å². The normalized spacial score (nSPS) is 12.2. The molecular formula is C21H30N2O2. The van der Waals surface area contributed by atoms with Crippen LogP contribution in [0.5, 0.6) is 5.75 Å². The molecule has 0 amide bonds. The van der Waals surface area contributed by atoms with Crippen LogP contribution in [0.4, 0.5) is 5.69 Å². The second-order valence-electron chi connectivity index (χ2n) is 6.90. The SMILES string of the molecule is CN(C)CC(O)COc1ccccc1CCc1ccc(N(C)C)cc1. The number of hydrogen-bond donors (Lipinski definition) is 1. The van der Waals surface area contributed by atoms with Gasteiger partial charge >= 0.3 is 0 Å². The number of hydrogen-bond acceptors (Lipinski definition) is 4. The molecule has 1 atom stereocenters. The zero-order chi connectivity index (χ0) is 18.2. The van der Waals surface area contributed by atoms with E-state index in [2.05, 4.69) is 35.2 Å². The first kappa shape index (κ1) is 19.3. The Balaban J connectivity index is 1.93. The summed E-state index contributed by atoms with van der Waals surface area (Å²) in [6.07, 6.45) is 1.40. The molecule has 0 spiro atoms. The van der Waals surface area contributed by atoms with E-state index in [0.717, 1.165) is 18.6 Å². The Morgan fingerprint density at radius 1 is 0.920 bits per heavy atom. The molecule has 1 N–H and O–H groups in total. The first-order chi connectivity index (χ1) is 12.0. The summed E-state index contributed by atoms with van der Waals surface area (Å²) in [6, 6.07) is 16.7. The van der Waals surface area contributed by atoms with Crippen molar-refractivity contribution in [2.45, 2.75) is 18.9 Å². The Morgan fingerprint density at radius 3 is 2.24 bits per heavy atom. The highest BCUT2D eigenvalue weighted by molar-refractivity contribution is 5.46. The number of nitrogens with zero attached hydrogens (tertiary/aromatic N) is 2. The van der Waals surface area contributed by atoms with E-state index in [1.807, 2.05) is 51.3 Å². The van der Waals surface area contributed by atoms with Crippen LogP contribution in [0.1, 0.15) is 11.1 Å². The molecule has 0 heterocycles. The number of ether oxygens (including phenoxy) is 1. The molecule has 2 aromatic rings. The van der Waals surface area contributed by atoms with E-state index in [1.165, 1.54) is 16.8 Å². The minimum absolute atomic E-state index is 0.312. The highest BCUT2D eigenvalue weighted by Gasteiger charge is 2.09. The lowest BCUT2D eigenvalue weighted by atomic mass is 10.0.